The zero-order chi connectivity index (χ0) is 14.4. The first-order chi connectivity index (χ1) is 9.70. The van der Waals surface area contributed by atoms with Crippen LogP contribution in [0.1, 0.15) is 77.6 Å². The molecule has 3 heteroatoms. The van der Waals surface area contributed by atoms with E-state index in [2.05, 4.69) is 11.8 Å². The van der Waals surface area contributed by atoms with Crippen LogP contribution in [0.4, 0.5) is 0 Å². The van der Waals surface area contributed by atoms with Gasteiger partial charge in [0.05, 0.1) is 0 Å². The standard InChI is InChI=1S/C17H32N2O/c1-2-19(16-11-9-15(18)10-12-16)17(20)13-8-14-6-4-3-5-7-14/h14-16H,2-13,18H2,1H3. The second kappa shape index (κ2) is 8.02. The first-order valence-corrected chi connectivity index (χ1v) is 8.75. The molecule has 2 saturated carbocycles. The summed E-state index contributed by atoms with van der Waals surface area (Å²) in [5, 5.41) is 0. The molecule has 0 spiro atoms. The molecule has 2 aliphatic rings. The maximum atomic E-state index is 12.5. The van der Waals surface area contributed by atoms with Gasteiger partial charge in [0.25, 0.3) is 0 Å². The molecule has 0 aromatic heterocycles. The number of nitrogens with zero attached hydrogens (tertiary/aromatic N) is 1. The highest BCUT2D eigenvalue weighted by atomic mass is 16.2. The fourth-order valence-corrected chi connectivity index (χ4v) is 4.00. The SMILES string of the molecule is CCN(C(=O)CCC1CCCCC1)C1CCC(N)CC1. The molecule has 2 rings (SSSR count). The molecule has 1 amide bonds. The van der Waals surface area contributed by atoms with Gasteiger partial charge in [-0.1, -0.05) is 32.1 Å². The Morgan fingerprint density at radius 1 is 1.05 bits per heavy atom. The van der Waals surface area contributed by atoms with Crippen LogP contribution < -0.4 is 5.73 Å². The highest BCUT2D eigenvalue weighted by Gasteiger charge is 2.27. The van der Waals surface area contributed by atoms with Gasteiger partial charge in [-0.3, -0.25) is 4.79 Å². The molecule has 0 aromatic rings. The van der Waals surface area contributed by atoms with E-state index in [1.165, 1.54) is 32.1 Å². The third-order valence-corrected chi connectivity index (χ3v) is 5.33. The first kappa shape index (κ1) is 15.8. The molecule has 0 radical (unpaired) electrons. The molecular formula is C17H32N2O. The molecule has 2 N–H and O–H groups in total. The molecule has 3 nitrogen and oxygen atoms in total. The Morgan fingerprint density at radius 3 is 2.30 bits per heavy atom. The number of amides is 1. The normalized spacial score (nSPS) is 28.3. The summed E-state index contributed by atoms with van der Waals surface area (Å²) in [4.78, 5) is 14.6. The fraction of sp³-hybridized carbons (Fsp3) is 0.941. The molecule has 20 heavy (non-hydrogen) atoms. The predicted molar refractivity (Wildman–Crippen MR) is 83.4 cm³/mol. The van der Waals surface area contributed by atoms with Gasteiger partial charge >= 0.3 is 0 Å². The molecule has 116 valence electrons. The van der Waals surface area contributed by atoms with Crippen molar-refractivity contribution < 1.29 is 4.79 Å². The van der Waals surface area contributed by atoms with E-state index in [1.807, 2.05) is 0 Å². The van der Waals surface area contributed by atoms with Gasteiger partial charge in [-0.2, -0.15) is 0 Å². The van der Waals surface area contributed by atoms with Crippen molar-refractivity contribution in [1.29, 1.82) is 0 Å². The van der Waals surface area contributed by atoms with E-state index in [0.29, 0.717) is 18.0 Å². The molecule has 0 unspecified atom stereocenters. The first-order valence-electron chi connectivity index (χ1n) is 8.75. The molecule has 0 atom stereocenters. The molecule has 0 saturated heterocycles. The van der Waals surface area contributed by atoms with Gasteiger partial charge in [0.15, 0.2) is 0 Å². The molecule has 0 bridgehead atoms. The Hall–Kier alpha value is -0.570. The molecule has 0 aliphatic heterocycles. The monoisotopic (exact) mass is 280 g/mol. The maximum Gasteiger partial charge on any atom is 0.222 e. The van der Waals surface area contributed by atoms with Crippen molar-refractivity contribution in [2.45, 2.75) is 89.6 Å². The average molecular weight is 280 g/mol. The lowest BCUT2D eigenvalue weighted by Gasteiger charge is -2.36. The molecular weight excluding hydrogens is 248 g/mol. The van der Waals surface area contributed by atoms with Crippen LogP contribution in [0.2, 0.25) is 0 Å². The van der Waals surface area contributed by atoms with E-state index in [-0.39, 0.29) is 0 Å². The second-order valence-electron chi connectivity index (χ2n) is 6.79. The van der Waals surface area contributed by atoms with Crippen LogP contribution in [0.3, 0.4) is 0 Å². The summed E-state index contributed by atoms with van der Waals surface area (Å²) in [6, 6.07) is 0.820. The number of carbonyl (C=O) groups excluding carboxylic acids is 1. The summed E-state index contributed by atoms with van der Waals surface area (Å²) in [6.07, 6.45) is 13.1. The van der Waals surface area contributed by atoms with Crippen LogP contribution >= 0.6 is 0 Å². The number of hydrogen-bond acceptors (Lipinski definition) is 2. The van der Waals surface area contributed by atoms with Crippen molar-refractivity contribution in [2.24, 2.45) is 11.7 Å². The summed E-state index contributed by atoms with van der Waals surface area (Å²) in [5.74, 6) is 1.20. The Balaban J connectivity index is 1.76. The van der Waals surface area contributed by atoms with Gasteiger partial charge < -0.3 is 10.6 Å². The van der Waals surface area contributed by atoms with E-state index in [0.717, 1.165) is 51.0 Å². The van der Waals surface area contributed by atoms with Crippen molar-refractivity contribution in [3.05, 3.63) is 0 Å². The average Bonchev–Trinajstić information content (AvgIpc) is 2.49. The minimum atomic E-state index is 0.363. The largest absolute Gasteiger partial charge is 0.340 e. The van der Waals surface area contributed by atoms with Gasteiger partial charge in [0, 0.05) is 25.0 Å². The Labute approximate surface area is 124 Å². The molecule has 0 aromatic carbocycles. The fourth-order valence-electron chi connectivity index (χ4n) is 4.00. The lowest BCUT2D eigenvalue weighted by molar-refractivity contribution is -0.134. The van der Waals surface area contributed by atoms with Crippen LogP contribution in [0, 0.1) is 5.92 Å². The van der Waals surface area contributed by atoms with Crippen LogP contribution in [-0.2, 0) is 4.79 Å². The van der Waals surface area contributed by atoms with Gasteiger partial charge in [0.2, 0.25) is 5.91 Å². The van der Waals surface area contributed by atoms with E-state index in [1.54, 1.807) is 0 Å². The number of carbonyl (C=O) groups is 1. The topological polar surface area (TPSA) is 46.3 Å². The van der Waals surface area contributed by atoms with Crippen LogP contribution in [-0.4, -0.2) is 29.4 Å². The summed E-state index contributed by atoms with van der Waals surface area (Å²) in [5.41, 5.74) is 5.97. The lowest BCUT2D eigenvalue weighted by Crippen LogP contribution is -2.44. The third-order valence-electron chi connectivity index (χ3n) is 5.33. The van der Waals surface area contributed by atoms with Crippen molar-refractivity contribution in [2.75, 3.05) is 6.54 Å². The van der Waals surface area contributed by atoms with Crippen molar-refractivity contribution in [1.82, 2.24) is 4.90 Å². The smallest absolute Gasteiger partial charge is 0.222 e. The second-order valence-corrected chi connectivity index (χ2v) is 6.79. The zero-order valence-electron chi connectivity index (χ0n) is 13.2. The summed E-state index contributed by atoms with van der Waals surface area (Å²) in [7, 11) is 0. The van der Waals surface area contributed by atoms with Crippen LogP contribution in [0.25, 0.3) is 0 Å². The predicted octanol–water partition coefficient (Wildman–Crippen LogP) is 3.47. The van der Waals surface area contributed by atoms with Gasteiger partial charge in [-0.05, 0) is 44.9 Å². The van der Waals surface area contributed by atoms with Gasteiger partial charge in [0.1, 0.15) is 0 Å². The van der Waals surface area contributed by atoms with Crippen molar-refractivity contribution >= 4 is 5.91 Å². The van der Waals surface area contributed by atoms with Crippen LogP contribution in [0.5, 0.6) is 0 Å². The highest BCUT2D eigenvalue weighted by Crippen LogP contribution is 2.28. The summed E-state index contributed by atoms with van der Waals surface area (Å²) >= 11 is 0. The highest BCUT2D eigenvalue weighted by molar-refractivity contribution is 5.76. The maximum absolute atomic E-state index is 12.5. The van der Waals surface area contributed by atoms with Crippen LogP contribution in [0.15, 0.2) is 0 Å². The van der Waals surface area contributed by atoms with Gasteiger partial charge in [-0.25, -0.2) is 0 Å². The van der Waals surface area contributed by atoms with Crippen molar-refractivity contribution in [3.8, 4) is 0 Å². The minimum Gasteiger partial charge on any atom is -0.340 e. The lowest BCUT2D eigenvalue weighted by atomic mass is 9.85. The van der Waals surface area contributed by atoms with E-state index in [9.17, 15) is 4.79 Å². The molecule has 2 aliphatic carbocycles. The minimum absolute atomic E-state index is 0.363. The number of rotatable bonds is 5. The molecule has 0 heterocycles. The zero-order valence-corrected chi connectivity index (χ0v) is 13.2. The Morgan fingerprint density at radius 2 is 1.70 bits per heavy atom. The number of hydrogen-bond donors (Lipinski definition) is 1. The Kier molecular flexibility index (Phi) is 6.34. The third kappa shape index (κ3) is 4.47. The Bertz CT molecular complexity index is 291. The van der Waals surface area contributed by atoms with E-state index in [4.69, 9.17) is 5.73 Å². The van der Waals surface area contributed by atoms with Gasteiger partial charge in [-0.15, -0.1) is 0 Å². The van der Waals surface area contributed by atoms with E-state index < -0.39 is 0 Å². The summed E-state index contributed by atoms with van der Waals surface area (Å²) in [6.45, 7) is 2.98. The summed E-state index contributed by atoms with van der Waals surface area (Å²) < 4.78 is 0. The molecule has 2 fully saturated rings. The van der Waals surface area contributed by atoms with Crippen molar-refractivity contribution in [3.63, 3.8) is 0 Å². The van der Waals surface area contributed by atoms with E-state index >= 15 is 0 Å². The quantitative estimate of drug-likeness (QED) is 0.838. The number of nitrogens with two attached hydrogens (primary N) is 1.